The lowest BCUT2D eigenvalue weighted by Crippen LogP contribution is -2.38. The lowest BCUT2D eigenvalue weighted by molar-refractivity contribution is -0.121. The van der Waals surface area contributed by atoms with Gasteiger partial charge in [0.15, 0.2) is 0 Å². The molecule has 4 nitrogen and oxygen atoms in total. The molecule has 0 aliphatic rings. The van der Waals surface area contributed by atoms with Crippen LogP contribution in [0.15, 0.2) is 0 Å². The van der Waals surface area contributed by atoms with E-state index in [0.717, 1.165) is 6.42 Å². The zero-order valence-corrected chi connectivity index (χ0v) is 8.32. The summed E-state index contributed by atoms with van der Waals surface area (Å²) in [6.07, 6.45) is 2.38. The van der Waals surface area contributed by atoms with Crippen molar-refractivity contribution in [2.24, 2.45) is 5.73 Å². The Morgan fingerprint density at radius 3 is 2.67 bits per heavy atom. The van der Waals surface area contributed by atoms with Gasteiger partial charge < -0.3 is 11.1 Å². The van der Waals surface area contributed by atoms with Gasteiger partial charge in [0.25, 0.3) is 0 Å². The Morgan fingerprint density at radius 2 is 2.25 bits per heavy atom. The van der Waals surface area contributed by atoms with Crippen LogP contribution in [-0.2, 0) is 15.6 Å². The molecule has 0 bridgehead atoms. The minimum Gasteiger partial charge on any atom is -0.355 e. The molecule has 12 heavy (non-hydrogen) atoms. The fourth-order valence-corrected chi connectivity index (χ4v) is 1.20. The van der Waals surface area contributed by atoms with Gasteiger partial charge in [0.2, 0.25) is 5.91 Å². The standard InChI is InChI=1S/C7H16N2O2S/c1-6(8)7(10)9-4-3-5-12(2)11/h6H,3-5,8H2,1-2H3,(H,9,10)/t6-,12?/m0/s1. The average molecular weight is 192 g/mol. The summed E-state index contributed by atoms with van der Waals surface area (Å²) in [6.45, 7) is 2.19. The highest BCUT2D eigenvalue weighted by atomic mass is 32.2. The number of carbonyl (C=O) groups is 1. The van der Waals surface area contributed by atoms with E-state index in [0.29, 0.717) is 12.3 Å². The maximum absolute atomic E-state index is 10.9. The number of nitrogens with one attached hydrogen (secondary N) is 1. The number of carbonyl (C=O) groups excluding carboxylic acids is 1. The third-order valence-corrected chi connectivity index (χ3v) is 2.18. The first-order valence-electron chi connectivity index (χ1n) is 3.87. The second-order valence-corrected chi connectivity index (χ2v) is 4.27. The maximum atomic E-state index is 10.9. The highest BCUT2D eigenvalue weighted by Gasteiger charge is 2.04. The molecule has 1 unspecified atom stereocenters. The number of rotatable bonds is 5. The van der Waals surface area contributed by atoms with Crippen molar-refractivity contribution in [3.05, 3.63) is 0 Å². The van der Waals surface area contributed by atoms with Gasteiger partial charge in [-0.3, -0.25) is 9.00 Å². The van der Waals surface area contributed by atoms with E-state index in [9.17, 15) is 9.00 Å². The Morgan fingerprint density at radius 1 is 1.67 bits per heavy atom. The van der Waals surface area contributed by atoms with E-state index in [1.54, 1.807) is 13.2 Å². The number of hydrogen-bond acceptors (Lipinski definition) is 3. The van der Waals surface area contributed by atoms with Gasteiger partial charge in [-0.25, -0.2) is 0 Å². The van der Waals surface area contributed by atoms with Crippen LogP contribution in [0.4, 0.5) is 0 Å². The molecule has 3 N–H and O–H groups in total. The number of nitrogens with two attached hydrogens (primary N) is 1. The Bertz CT molecular complexity index is 171. The summed E-state index contributed by atoms with van der Waals surface area (Å²) in [5.41, 5.74) is 5.31. The smallest absolute Gasteiger partial charge is 0.236 e. The van der Waals surface area contributed by atoms with Crippen molar-refractivity contribution in [3.8, 4) is 0 Å². The molecule has 0 aliphatic carbocycles. The molecule has 72 valence electrons. The predicted octanol–water partition coefficient (Wildman–Crippen LogP) is -0.782. The summed E-state index contributed by atoms with van der Waals surface area (Å²) in [7, 11) is -0.774. The molecule has 0 spiro atoms. The predicted molar refractivity (Wildman–Crippen MR) is 50.2 cm³/mol. The first-order chi connectivity index (χ1) is 5.54. The highest BCUT2D eigenvalue weighted by Crippen LogP contribution is 1.82. The lowest BCUT2D eigenvalue weighted by atomic mass is 10.3. The molecule has 0 fully saturated rings. The largest absolute Gasteiger partial charge is 0.355 e. The molecule has 0 rings (SSSR count). The third-order valence-electron chi connectivity index (χ3n) is 1.32. The fourth-order valence-electron chi connectivity index (χ4n) is 0.648. The minimum atomic E-state index is -0.774. The van der Waals surface area contributed by atoms with Gasteiger partial charge in [-0.15, -0.1) is 0 Å². The van der Waals surface area contributed by atoms with Gasteiger partial charge in [0.05, 0.1) is 6.04 Å². The topological polar surface area (TPSA) is 72.2 Å². The summed E-state index contributed by atoms with van der Waals surface area (Å²) in [5.74, 6) is 0.469. The van der Waals surface area contributed by atoms with E-state index in [1.807, 2.05) is 0 Å². The van der Waals surface area contributed by atoms with Gasteiger partial charge in [0.1, 0.15) is 0 Å². The SMILES string of the molecule is C[C@H](N)C(=O)NCCCS(C)=O. The van der Waals surface area contributed by atoms with E-state index in [-0.39, 0.29) is 5.91 Å². The summed E-state index contributed by atoms with van der Waals surface area (Å²) in [5, 5.41) is 2.64. The lowest BCUT2D eigenvalue weighted by Gasteiger charge is -2.06. The van der Waals surface area contributed by atoms with Crippen LogP contribution in [0.25, 0.3) is 0 Å². The van der Waals surface area contributed by atoms with Gasteiger partial charge in [-0.1, -0.05) is 0 Å². The fraction of sp³-hybridized carbons (Fsp3) is 0.857. The zero-order valence-electron chi connectivity index (χ0n) is 7.50. The van der Waals surface area contributed by atoms with Gasteiger partial charge in [0, 0.05) is 29.4 Å². The summed E-state index contributed by atoms with van der Waals surface area (Å²) >= 11 is 0. The normalized spacial score (nSPS) is 15.2. The zero-order chi connectivity index (χ0) is 9.56. The summed E-state index contributed by atoms with van der Waals surface area (Å²) in [4.78, 5) is 10.9. The Labute approximate surface area is 75.4 Å². The molecule has 0 heterocycles. The van der Waals surface area contributed by atoms with Crippen molar-refractivity contribution in [2.75, 3.05) is 18.6 Å². The molecule has 0 saturated carbocycles. The summed E-state index contributed by atoms with van der Waals surface area (Å²) in [6, 6.07) is -0.461. The molecule has 0 aromatic heterocycles. The molecule has 0 aromatic rings. The van der Waals surface area contributed by atoms with E-state index in [2.05, 4.69) is 5.32 Å². The van der Waals surface area contributed by atoms with Crippen LogP contribution in [0.2, 0.25) is 0 Å². The van der Waals surface area contributed by atoms with Crippen LogP contribution in [-0.4, -0.2) is 34.7 Å². The molecule has 2 atom stereocenters. The molecule has 0 radical (unpaired) electrons. The molecule has 0 aliphatic heterocycles. The van der Waals surface area contributed by atoms with Crippen molar-refractivity contribution < 1.29 is 9.00 Å². The van der Waals surface area contributed by atoms with Crippen molar-refractivity contribution in [1.82, 2.24) is 5.32 Å². The molecular weight excluding hydrogens is 176 g/mol. The number of hydrogen-bond donors (Lipinski definition) is 2. The van der Waals surface area contributed by atoms with Crippen LogP contribution in [0, 0.1) is 0 Å². The minimum absolute atomic E-state index is 0.156. The molecule has 1 amide bonds. The Balaban J connectivity index is 3.32. The van der Waals surface area contributed by atoms with Crippen LogP contribution in [0.1, 0.15) is 13.3 Å². The van der Waals surface area contributed by atoms with Crippen molar-refractivity contribution in [3.63, 3.8) is 0 Å². The van der Waals surface area contributed by atoms with Crippen molar-refractivity contribution >= 4 is 16.7 Å². The Kier molecular flexibility index (Phi) is 5.92. The second-order valence-electron chi connectivity index (χ2n) is 2.71. The first kappa shape index (κ1) is 11.6. The molecular formula is C7H16N2O2S. The highest BCUT2D eigenvalue weighted by molar-refractivity contribution is 7.84. The molecule has 0 aromatic carbocycles. The Hall–Kier alpha value is -0.420. The van der Waals surface area contributed by atoms with Gasteiger partial charge >= 0.3 is 0 Å². The van der Waals surface area contributed by atoms with Crippen molar-refractivity contribution in [2.45, 2.75) is 19.4 Å². The summed E-state index contributed by atoms with van der Waals surface area (Å²) < 4.78 is 10.6. The van der Waals surface area contributed by atoms with Crippen LogP contribution >= 0.6 is 0 Å². The third kappa shape index (κ3) is 6.30. The van der Waals surface area contributed by atoms with Gasteiger partial charge in [-0.2, -0.15) is 0 Å². The van der Waals surface area contributed by atoms with Crippen LogP contribution < -0.4 is 11.1 Å². The monoisotopic (exact) mass is 192 g/mol. The van der Waals surface area contributed by atoms with Gasteiger partial charge in [-0.05, 0) is 13.3 Å². The van der Waals surface area contributed by atoms with Crippen LogP contribution in [0.3, 0.4) is 0 Å². The average Bonchev–Trinajstić information content (AvgIpc) is 1.97. The maximum Gasteiger partial charge on any atom is 0.236 e. The molecule has 5 heteroatoms. The van der Waals surface area contributed by atoms with E-state index in [4.69, 9.17) is 5.73 Å². The quantitative estimate of drug-likeness (QED) is 0.561. The first-order valence-corrected chi connectivity index (χ1v) is 5.60. The van der Waals surface area contributed by atoms with E-state index in [1.165, 1.54) is 0 Å². The number of amides is 1. The van der Waals surface area contributed by atoms with E-state index < -0.39 is 16.8 Å². The van der Waals surface area contributed by atoms with Crippen molar-refractivity contribution in [1.29, 1.82) is 0 Å². The van der Waals surface area contributed by atoms with Crippen LogP contribution in [0.5, 0.6) is 0 Å². The molecule has 0 saturated heterocycles. The second kappa shape index (κ2) is 6.14. The van der Waals surface area contributed by atoms with E-state index >= 15 is 0 Å².